The summed E-state index contributed by atoms with van der Waals surface area (Å²) < 4.78 is 5.85. The van der Waals surface area contributed by atoms with Gasteiger partial charge >= 0.3 is 5.97 Å². The van der Waals surface area contributed by atoms with Crippen LogP contribution >= 0.6 is 0 Å². The van der Waals surface area contributed by atoms with Crippen molar-refractivity contribution in [2.45, 2.75) is 31.8 Å². The third kappa shape index (κ3) is 5.81. The normalized spacial score (nSPS) is 16.7. The number of nitrogens with zero attached hydrogens (tertiary/aromatic N) is 2. The number of aliphatic carboxylic acids is 1. The molecule has 2 aromatic rings. The van der Waals surface area contributed by atoms with Crippen molar-refractivity contribution in [1.82, 2.24) is 9.80 Å². The van der Waals surface area contributed by atoms with E-state index in [0.29, 0.717) is 13.1 Å². The molecule has 3 N–H and O–H groups in total. The van der Waals surface area contributed by atoms with Crippen molar-refractivity contribution in [3.8, 4) is 11.5 Å². The summed E-state index contributed by atoms with van der Waals surface area (Å²) in [5.74, 6) is 0.513. The number of carboxylic acids is 1. The van der Waals surface area contributed by atoms with Crippen LogP contribution in [0.3, 0.4) is 0 Å². The molecule has 1 amide bonds. The van der Waals surface area contributed by atoms with Crippen molar-refractivity contribution in [2.24, 2.45) is 5.73 Å². The highest BCUT2D eigenvalue weighted by atomic mass is 16.5. The van der Waals surface area contributed by atoms with Crippen LogP contribution in [-0.2, 0) is 9.59 Å². The predicted molar refractivity (Wildman–Crippen MR) is 114 cm³/mol. The number of para-hydroxylation sites is 1. The lowest BCUT2D eigenvalue weighted by Crippen LogP contribution is -2.49. The van der Waals surface area contributed by atoms with E-state index in [9.17, 15) is 9.59 Å². The lowest BCUT2D eigenvalue weighted by molar-refractivity contribution is -0.139. The molecule has 1 saturated heterocycles. The maximum absolute atomic E-state index is 12.3. The number of hydrogen-bond acceptors (Lipinski definition) is 5. The van der Waals surface area contributed by atoms with Gasteiger partial charge in [-0.1, -0.05) is 30.3 Å². The van der Waals surface area contributed by atoms with E-state index in [1.165, 1.54) is 5.56 Å². The van der Waals surface area contributed by atoms with Gasteiger partial charge < -0.3 is 20.5 Å². The molecule has 0 spiro atoms. The zero-order valence-electron chi connectivity index (χ0n) is 17.2. The van der Waals surface area contributed by atoms with Gasteiger partial charge in [-0.05, 0) is 43.2 Å². The third-order valence-electron chi connectivity index (χ3n) is 5.54. The van der Waals surface area contributed by atoms with E-state index in [4.69, 9.17) is 15.6 Å². The first-order chi connectivity index (χ1) is 14.4. The summed E-state index contributed by atoms with van der Waals surface area (Å²) in [4.78, 5) is 27.2. The van der Waals surface area contributed by atoms with Crippen LogP contribution in [0.1, 0.15) is 31.4 Å². The summed E-state index contributed by atoms with van der Waals surface area (Å²) >= 11 is 0. The molecule has 2 aromatic carbocycles. The Bertz CT molecular complexity index is 833. The Kier molecular flexibility index (Phi) is 7.43. The molecule has 7 nitrogen and oxygen atoms in total. The molecule has 0 aliphatic carbocycles. The molecule has 0 radical (unpaired) electrons. The standard InChI is InChI=1S/C23H29N3O4/c1-17(18-7-9-20(10-8-18)30-19-5-3-2-4-6-19)25-13-15-26(16-14-25)22(27)12-11-21(24)23(28)29/h2-10,17,21H,11-16,24H2,1H3,(H,28,29)/t17?,21-/m0/s1. The first kappa shape index (κ1) is 21.8. The lowest BCUT2D eigenvalue weighted by Gasteiger charge is -2.38. The van der Waals surface area contributed by atoms with Crippen molar-refractivity contribution in [3.63, 3.8) is 0 Å². The van der Waals surface area contributed by atoms with Gasteiger partial charge in [0, 0.05) is 38.6 Å². The highest BCUT2D eigenvalue weighted by molar-refractivity contribution is 5.78. The van der Waals surface area contributed by atoms with Crippen molar-refractivity contribution in [3.05, 3.63) is 60.2 Å². The Balaban J connectivity index is 1.48. The molecule has 30 heavy (non-hydrogen) atoms. The molecule has 0 bridgehead atoms. The van der Waals surface area contributed by atoms with E-state index in [0.717, 1.165) is 24.6 Å². The second kappa shape index (κ2) is 10.2. The number of carboxylic acid groups (broad SMARTS) is 1. The van der Waals surface area contributed by atoms with Crippen LogP contribution in [0.15, 0.2) is 54.6 Å². The van der Waals surface area contributed by atoms with E-state index in [2.05, 4.69) is 24.0 Å². The maximum atomic E-state index is 12.3. The highest BCUT2D eigenvalue weighted by Gasteiger charge is 2.25. The molecule has 160 valence electrons. The number of carbonyl (C=O) groups is 2. The molecule has 1 fully saturated rings. The van der Waals surface area contributed by atoms with Gasteiger partial charge in [-0.25, -0.2) is 0 Å². The minimum atomic E-state index is -1.07. The van der Waals surface area contributed by atoms with Crippen molar-refractivity contribution < 1.29 is 19.4 Å². The van der Waals surface area contributed by atoms with E-state index in [1.807, 2.05) is 42.5 Å². The Morgan fingerprint density at radius 1 is 1.00 bits per heavy atom. The minimum Gasteiger partial charge on any atom is -0.480 e. The molecule has 7 heteroatoms. The molecule has 0 aromatic heterocycles. The van der Waals surface area contributed by atoms with Gasteiger partial charge in [-0.2, -0.15) is 0 Å². The van der Waals surface area contributed by atoms with Gasteiger partial charge in [-0.15, -0.1) is 0 Å². The summed E-state index contributed by atoms with van der Waals surface area (Å²) in [5.41, 5.74) is 6.68. The number of benzene rings is 2. The molecule has 0 saturated carbocycles. The number of ether oxygens (including phenoxy) is 1. The average Bonchev–Trinajstić information content (AvgIpc) is 2.78. The molecule has 3 rings (SSSR count). The Labute approximate surface area is 177 Å². The summed E-state index contributed by atoms with van der Waals surface area (Å²) in [6.07, 6.45) is 0.341. The molecule has 2 atom stereocenters. The van der Waals surface area contributed by atoms with Crippen LogP contribution in [0.5, 0.6) is 11.5 Å². The van der Waals surface area contributed by atoms with Crippen molar-refractivity contribution in [1.29, 1.82) is 0 Å². The molecular formula is C23H29N3O4. The number of nitrogens with two attached hydrogens (primary N) is 1. The van der Waals surface area contributed by atoms with Crippen LogP contribution in [0.4, 0.5) is 0 Å². The Morgan fingerprint density at radius 3 is 2.20 bits per heavy atom. The summed E-state index contributed by atoms with van der Waals surface area (Å²) in [7, 11) is 0. The van der Waals surface area contributed by atoms with Gasteiger partial charge in [0.15, 0.2) is 0 Å². The summed E-state index contributed by atoms with van der Waals surface area (Å²) in [5, 5.41) is 8.84. The lowest BCUT2D eigenvalue weighted by atomic mass is 10.1. The number of carbonyl (C=O) groups excluding carboxylic acids is 1. The second-order valence-electron chi connectivity index (χ2n) is 7.56. The topological polar surface area (TPSA) is 96.1 Å². The number of hydrogen-bond donors (Lipinski definition) is 2. The van der Waals surface area contributed by atoms with Crippen LogP contribution in [0, 0.1) is 0 Å². The van der Waals surface area contributed by atoms with Gasteiger partial charge in [0.05, 0.1) is 0 Å². The minimum absolute atomic E-state index is 0.0265. The largest absolute Gasteiger partial charge is 0.480 e. The zero-order chi connectivity index (χ0) is 21.5. The van der Waals surface area contributed by atoms with Crippen LogP contribution in [0.25, 0.3) is 0 Å². The Hall–Kier alpha value is -2.90. The summed E-state index contributed by atoms with van der Waals surface area (Å²) in [6, 6.07) is 17.0. The summed E-state index contributed by atoms with van der Waals surface area (Å²) in [6.45, 7) is 5.00. The van der Waals surface area contributed by atoms with E-state index >= 15 is 0 Å². The maximum Gasteiger partial charge on any atom is 0.320 e. The smallest absolute Gasteiger partial charge is 0.320 e. The van der Waals surface area contributed by atoms with Gasteiger partial charge in [0.2, 0.25) is 5.91 Å². The van der Waals surface area contributed by atoms with Crippen molar-refractivity contribution in [2.75, 3.05) is 26.2 Å². The van der Waals surface area contributed by atoms with Crippen molar-refractivity contribution >= 4 is 11.9 Å². The second-order valence-corrected chi connectivity index (χ2v) is 7.56. The fraction of sp³-hybridized carbons (Fsp3) is 0.391. The van der Waals surface area contributed by atoms with Gasteiger partial charge in [-0.3, -0.25) is 14.5 Å². The van der Waals surface area contributed by atoms with Crippen LogP contribution in [-0.4, -0.2) is 59.0 Å². The highest BCUT2D eigenvalue weighted by Crippen LogP contribution is 2.26. The molecule has 1 heterocycles. The molecule has 1 aliphatic rings. The SMILES string of the molecule is CC(c1ccc(Oc2ccccc2)cc1)N1CCN(C(=O)CC[C@H](N)C(=O)O)CC1. The van der Waals surface area contributed by atoms with Crippen LogP contribution in [0.2, 0.25) is 0 Å². The first-order valence-corrected chi connectivity index (χ1v) is 10.3. The predicted octanol–water partition coefficient (Wildman–Crippen LogP) is 2.88. The Morgan fingerprint density at radius 2 is 1.60 bits per heavy atom. The number of rotatable bonds is 8. The molecule has 1 aliphatic heterocycles. The number of amides is 1. The fourth-order valence-corrected chi connectivity index (χ4v) is 3.57. The molecular weight excluding hydrogens is 382 g/mol. The van der Waals surface area contributed by atoms with Gasteiger partial charge in [0.25, 0.3) is 0 Å². The fourth-order valence-electron chi connectivity index (χ4n) is 3.57. The third-order valence-corrected chi connectivity index (χ3v) is 5.54. The van der Waals surface area contributed by atoms with Crippen LogP contribution < -0.4 is 10.5 Å². The average molecular weight is 412 g/mol. The van der Waals surface area contributed by atoms with E-state index in [-0.39, 0.29) is 24.8 Å². The van der Waals surface area contributed by atoms with E-state index < -0.39 is 12.0 Å². The first-order valence-electron chi connectivity index (χ1n) is 10.3. The monoisotopic (exact) mass is 411 g/mol. The quantitative estimate of drug-likeness (QED) is 0.693. The van der Waals surface area contributed by atoms with Gasteiger partial charge in [0.1, 0.15) is 17.5 Å². The zero-order valence-corrected chi connectivity index (χ0v) is 17.2. The molecule has 1 unspecified atom stereocenters. The van der Waals surface area contributed by atoms with E-state index in [1.54, 1.807) is 4.90 Å². The number of piperazine rings is 1.